The van der Waals surface area contributed by atoms with Crippen molar-refractivity contribution in [3.63, 3.8) is 0 Å². The molecule has 2 aromatic carbocycles. The van der Waals surface area contributed by atoms with Gasteiger partial charge in [-0.3, -0.25) is 4.79 Å². The minimum atomic E-state index is -4.51. The van der Waals surface area contributed by atoms with E-state index in [1.807, 2.05) is 14.0 Å². The number of nitrogens with one attached hydrogen (secondary N) is 1. The molecule has 240 valence electrons. The van der Waals surface area contributed by atoms with E-state index in [9.17, 15) is 22.8 Å². The maximum atomic E-state index is 14.3. The summed E-state index contributed by atoms with van der Waals surface area (Å²) in [6.45, 7) is 11.5. The largest absolute Gasteiger partial charge is 0.458 e. The first-order valence-electron chi connectivity index (χ1n) is 15.0. The second-order valence-electron chi connectivity index (χ2n) is 12.8. The maximum Gasteiger partial charge on any atom is 0.415 e. The quantitative estimate of drug-likeness (QED) is 0.438. The van der Waals surface area contributed by atoms with Crippen molar-refractivity contribution in [3.05, 3.63) is 59.7 Å². The van der Waals surface area contributed by atoms with Crippen LogP contribution in [0.2, 0.25) is 0 Å². The van der Waals surface area contributed by atoms with Crippen LogP contribution in [0, 0.1) is 6.92 Å². The van der Waals surface area contributed by atoms with Crippen molar-refractivity contribution in [1.82, 2.24) is 19.4 Å². The van der Waals surface area contributed by atoms with E-state index in [-0.39, 0.29) is 11.3 Å². The first kappa shape index (κ1) is 33.4. The van der Waals surface area contributed by atoms with E-state index in [0.717, 1.165) is 23.0 Å². The van der Waals surface area contributed by atoms with E-state index in [0.29, 0.717) is 43.8 Å². The maximum absolute atomic E-state index is 14.3. The number of amides is 2. The number of benzene rings is 2. The van der Waals surface area contributed by atoms with Gasteiger partial charge in [-0.15, -0.1) is 0 Å². The number of carbonyl (C=O) groups excluding carboxylic acids is 3. The number of aryl methyl sites for hydroxylation is 1. The number of esters is 1. The van der Waals surface area contributed by atoms with Crippen LogP contribution in [0.15, 0.2) is 53.4 Å². The molecule has 0 saturated carbocycles. The third-order valence-electron chi connectivity index (χ3n) is 7.84. The Morgan fingerprint density at radius 2 is 1.57 bits per heavy atom. The zero-order valence-electron chi connectivity index (χ0n) is 26.5. The van der Waals surface area contributed by atoms with Gasteiger partial charge in [-0.2, -0.15) is 0 Å². The molecule has 44 heavy (non-hydrogen) atoms. The van der Waals surface area contributed by atoms with Crippen molar-refractivity contribution in [2.45, 2.75) is 76.0 Å². The predicted octanol–water partition coefficient (Wildman–Crippen LogP) is 3.35. The standard InChI is InChI=1S/C32H44N4O7S/c1-23-9-15-26(16-10-23)44(40,41)36(28(37)27-8-7-17-33-27)32(5,29(38)43-31(2,3)4)22-24-11-13-25(14-12-24)42-30(39)35-20-18-34(6)19-21-35/h9-16,27,33H,7-8,17-22H2,1-6H3/t27-,32-/m0/s1. The first-order chi connectivity index (χ1) is 20.6. The van der Waals surface area contributed by atoms with Crippen LogP contribution in [0.1, 0.15) is 51.7 Å². The van der Waals surface area contributed by atoms with Crippen LogP contribution in [0.3, 0.4) is 0 Å². The molecule has 0 aliphatic carbocycles. The third-order valence-corrected chi connectivity index (χ3v) is 9.77. The molecule has 12 heteroatoms. The van der Waals surface area contributed by atoms with Crippen molar-refractivity contribution in [2.75, 3.05) is 39.8 Å². The van der Waals surface area contributed by atoms with Gasteiger partial charge in [0.15, 0.2) is 5.54 Å². The molecule has 0 radical (unpaired) electrons. The Morgan fingerprint density at radius 1 is 0.955 bits per heavy atom. The Morgan fingerprint density at radius 3 is 2.11 bits per heavy atom. The number of ether oxygens (including phenoxy) is 2. The number of likely N-dealkylation sites (N-methyl/N-ethyl adjacent to an activating group) is 1. The molecule has 2 fully saturated rings. The van der Waals surface area contributed by atoms with Crippen molar-refractivity contribution >= 4 is 28.0 Å². The summed E-state index contributed by atoms with van der Waals surface area (Å²) in [6, 6.07) is 11.9. The lowest BCUT2D eigenvalue weighted by Crippen LogP contribution is -2.63. The van der Waals surface area contributed by atoms with Gasteiger partial charge in [-0.1, -0.05) is 29.8 Å². The van der Waals surface area contributed by atoms with Crippen LogP contribution in [0.25, 0.3) is 0 Å². The molecule has 0 spiro atoms. The predicted molar refractivity (Wildman–Crippen MR) is 166 cm³/mol. The Labute approximate surface area is 260 Å². The van der Waals surface area contributed by atoms with Gasteiger partial charge in [0.2, 0.25) is 0 Å². The SMILES string of the molecule is Cc1ccc(S(=O)(=O)N(C(=O)[C@@H]2CCCN2)[C@@](C)(Cc2ccc(OC(=O)N3CCN(C)CC3)cc2)C(=O)OC(C)(C)C)cc1. The number of piperazine rings is 1. The Balaban J connectivity index is 1.70. The topological polar surface area (TPSA) is 126 Å². The van der Waals surface area contributed by atoms with Crippen molar-refractivity contribution in [3.8, 4) is 5.75 Å². The zero-order chi connectivity index (χ0) is 32.3. The summed E-state index contributed by atoms with van der Waals surface area (Å²) in [5, 5.41) is 3.08. The van der Waals surface area contributed by atoms with Gasteiger partial charge >= 0.3 is 12.1 Å². The Hall–Kier alpha value is -3.48. The molecule has 0 aromatic heterocycles. The lowest BCUT2D eigenvalue weighted by atomic mass is 9.91. The third kappa shape index (κ3) is 7.77. The number of hydrogen-bond acceptors (Lipinski definition) is 9. The number of hydrogen-bond donors (Lipinski definition) is 1. The summed E-state index contributed by atoms with van der Waals surface area (Å²) in [4.78, 5) is 44.5. The van der Waals surface area contributed by atoms with Crippen LogP contribution in [-0.4, -0.2) is 97.4 Å². The van der Waals surface area contributed by atoms with E-state index in [1.165, 1.54) is 19.1 Å². The molecule has 11 nitrogen and oxygen atoms in total. The summed E-state index contributed by atoms with van der Waals surface area (Å²) in [5.74, 6) is -1.25. The van der Waals surface area contributed by atoms with E-state index >= 15 is 0 Å². The molecular formula is C32H44N4O7S. The summed E-state index contributed by atoms with van der Waals surface area (Å²) in [6.07, 6.45) is 0.524. The minimum absolute atomic E-state index is 0.101. The summed E-state index contributed by atoms with van der Waals surface area (Å²) in [5.41, 5.74) is -1.50. The van der Waals surface area contributed by atoms with E-state index in [2.05, 4.69) is 10.2 Å². The van der Waals surface area contributed by atoms with Gasteiger partial charge in [0.1, 0.15) is 11.4 Å². The molecule has 4 rings (SSSR count). The molecular weight excluding hydrogens is 584 g/mol. The zero-order valence-corrected chi connectivity index (χ0v) is 27.3. The second kappa shape index (κ2) is 13.3. The summed E-state index contributed by atoms with van der Waals surface area (Å²) in [7, 11) is -2.51. The van der Waals surface area contributed by atoms with Crippen molar-refractivity contribution in [2.24, 2.45) is 0 Å². The molecule has 0 unspecified atom stereocenters. The average molecular weight is 629 g/mol. The lowest BCUT2D eigenvalue weighted by Gasteiger charge is -2.41. The molecule has 2 atom stereocenters. The van der Waals surface area contributed by atoms with Gasteiger partial charge in [0.25, 0.3) is 15.9 Å². The smallest absolute Gasteiger partial charge is 0.415 e. The van der Waals surface area contributed by atoms with E-state index in [1.54, 1.807) is 62.1 Å². The highest BCUT2D eigenvalue weighted by atomic mass is 32.2. The molecule has 2 saturated heterocycles. The molecule has 1 N–H and O–H groups in total. The number of carbonyl (C=O) groups is 3. The van der Waals surface area contributed by atoms with Gasteiger partial charge in [-0.25, -0.2) is 22.3 Å². The van der Waals surface area contributed by atoms with Crippen molar-refractivity contribution in [1.29, 1.82) is 0 Å². The van der Waals surface area contributed by atoms with Gasteiger partial charge < -0.3 is 24.6 Å². The highest BCUT2D eigenvalue weighted by Crippen LogP contribution is 2.33. The van der Waals surface area contributed by atoms with Crippen LogP contribution in [0.5, 0.6) is 5.75 Å². The van der Waals surface area contributed by atoms with Crippen LogP contribution in [-0.2, 0) is 30.8 Å². The van der Waals surface area contributed by atoms with Crippen LogP contribution in [0.4, 0.5) is 4.79 Å². The van der Waals surface area contributed by atoms with Crippen LogP contribution < -0.4 is 10.1 Å². The highest BCUT2D eigenvalue weighted by Gasteiger charge is 2.53. The molecule has 2 amide bonds. The van der Waals surface area contributed by atoms with Gasteiger partial charge in [-0.05, 0) is 90.9 Å². The fourth-order valence-electron chi connectivity index (χ4n) is 5.32. The lowest BCUT2D eigenvalue weighted by molar-refractivity contribution is -0.169. The molecule has 2 aromatic rings. The molecule has 2 heterocycles. The highest BCUT2D eigenvalue weighted by molar-refractivity contribution is 7.89. The monoisotopic (exact) mass is 628 g/mol. The summed E-state index contributed by atoms with van der Waals surface area (Å²) < 4.78 is 40.7. The Bertz CT molecular complexity index is 1440. The van der Waals surface area contributed by atoms with Gasteiger partial charge in [0.05, 0.1) is 10.9 Å². The van der Waals surface area contributed by atoms with Crippen molar-refractivity contribution < 1.29 is 32.3 Å². The van der Waals surface area contributed by atoms with E-state index < -0.39 is 45.2 Å². The fourth-order valence-corrected chi connectivity index (χ4v) is 7.05. The minimum Gasteiger partial charge on any atom is -0.458 e. The normalized spacial score (nSPS) is 19.2. The van der Waals surface area contributed by atoms with E-state index in [4.69, 9.17) is 9.47 Å². The molecule has 0 bridgehead atoms. The Kier molecular flexibility index (Phi) is 10.1. The second-order valence-corrected chi connectivity index (χ2v) is 14.6. The molecule has 2 aliphatic heterocycles. The van der Waals surface area contributed by atoms with Gasteiger partial charge in [0, 0.05) is 32.6 Å². The number of sulfonamides is 1. The number of rotatable bonds is 8. The van der Waals surface area contributed by atoms with Crippen LogP contribution >= 0.6 is 0 Å². The number of nitrogens with zero attached hydrogens (tertiary/aromatic N) is 3. The molecule has 2 aliphatic rings. The summed E-state index contributed by atoms with van der Waals surface area (Å²) >= 11 is 0. The average Bonchev–Trinajstić information content (AvgIpc) is 3.49. The fraction of sp³-hybridized carbons (Fsp3) is 0.531. The first-order valence-corrected chi connectivity index (χ1v) is 16.4.